The summed E-state index contributed by atoms with van der Waals surface area (Å²) < 4.78 is 0. The minimum Gasteiger partial charge on any atom is -0.368 e. The van der Waals surface area contributed by atoms with Gasteiger partial charge in [0.2, 0.25) is 0 Å². The second-order valence-corrected chi connectivity index (χ2v) is 8.84. The first-order valence-corrected chi connectivity index (χ1v) is 10.7. The van der Waals surface area contributed by atoms with Crippen LogP contribution < -0.4 is 10.5 Å². The Kier molecular flexibility index (Phi) is 5.41. The number of thiophene rings is 1. The van der Waals surface area contributed by atoms with Crippen molar-refractivity contribution in [1.82, 2.24) is 14.9 Å². The van der Waals surface area contributed by atoms with Crippen molar-refractivity contribution >= 4 is 33.0 Å². The zero-order valence-electron chi connectivity index (χ0n) is 17.3. The zero-order chi connectivity index (χ0) is 21.4. The lowest BCUT2D eigenvalue weighted by atomic mass is 10.1. The molecule has 1 saturated heterocycles. The van der Waals surface area contributed by atoms with E-state index in [0.29, 0.717) is 28.9 Å². The topological polar surface area (TPSA) is 93.1 Å². The highest BCUT2D eigenvalue weighted by Crippen LogP contribution is 2.26. The summed E-state index contributed by atoms with van der Waals surface area (Å²) in [6.07, 6.45) is 0. The molecule has 154 valence electrons. The molecule has 1 aliphatic rings. The van der Waals surface area contributed by atoms with Gasteiger partial charge < -0.3 is 9.88 Å². The number of nitriles is 1. The minimum absolute atomic E-state index is 0.0103. The molecule has 2 aromatic heterocycles. The van der Waals surface area contributed by atoms with E-state index >= 15 is 0 Å². The van der Waals surface area contributed by atoms with Gasteiger partial charge in [0.1, 0.15) is 16.7 Å². The number of carbonyl (C=O) groups excluding carboxylic acids is 1. The SMILES string of the molecule is CC(=O)c1ccc(C#N)c(N2CCN(Cc3nc4sc(C)c(C)c4c(=O)[nH]3)CC2)c1. The quantitative estimate of drug-likeness (QED) is 0.651. The number of fused-ring (bicyclic) bond motifs is 1. The third kappa shape index (κ3) is 3.74. The average molecular weight is 422 g/mol. The number of carbonyl (C=O) groups is 1. The first-order chi connectivity index (χ1) is 14.4. The summed E-state index contributed by atoms with van der Waals surface area (Å²) in [4.78, 5) is 38.1. The van der Waals surface area contributed by atoms with Gasteiger partial charge >= 0.3 is 0 Å². The number of aromatic amines is 1. The summed E-state index contributed by atoms with van der Waals surface area (Å²) in [7, 11) is 0. The number of rotatable bonds is 4. The van der Waals surface area contributed by atoms with E-state index in [0.717, 1.165) is 47.1 Å². The lowest BCUT2D eigenvalue weighted by molar-refractivity contribution is 0.101. The van der Waals surface area contributed by atoms with Crippen LogP contribution in [0.15, 0.2) is 23.0 Å². The lowest BCUT2D eigenvalue weighted by Gasteiger charge is -2.36. The minimum atomic E-state index is -0.0739. The number of benzene rings is 1. The molecule has 1 aliphatic heterocycles. The van der Waals surface area contributed by atoms with Crippen molar-refractivity contribution in [3.8, 4) is 6.07 Å². The van der Waals surface area contributed by atoms with Crippen LogP contribution in [0.1, 0.15) is 39.1 Å². The number of hydrogen-bond donors (Lipinski definition) is 1. The van der Waals surface area contributed by atoms with E-state index in [9.17, 15) is 14.9 Å². The van der Waals surface area contributed by atoms with E-state index in [4.69, 9.17) is 0 Å². The van der Waals surface area contributed by atoms with Crippen molar-refractivity contribution in [1.29, 1.82) is 5.26 Å². The Labute approximate surface area is 178 Å². The molecule has 0 amide bonds. The normalized spacial score (nSPS) is 14.8. The van der Waals surface area contributed by atoms with Gasteiger partial charge in [-0.2, -0.15) is 5.26 Å². The van der Waals surface area contributed by atoms with E-state index in [1.165, 1.54) is 6.92 Å². The molecule has 30 heavy (non-hydrogen) atoms. The molecule has 0 bridgehead atoms. The van der Waals surface area contributed by atoms with E-state index < -0.39 is 0 Å². The van der Waals surface area contributed by atoms with E-state index in [2.05, 4.69) is 25.8 Å². The molecular formula is C22H23N5O2S. The van der Waals surface area contributed by atoms with Gasteiger partial charge in [-0.05, 0) is 44.5 Å². The highest BCUT2D eigenvalue weighted by Gasteiger charge is 2.21. The first-order valence-electron chi connectivity index (χ1n) is 9.88. The number of nitrogens with zero attached hydrogens (tertiary/aromatic N) is 4. The lowest BCUT2D eigenvalue weighted by Crippen LogP contribution is -2.46. The van der Waals surface area contributed by atoms with Gasteiger partial charge in [-0.25, -0.2) is 4.98 Å². The van der Waals surface area contributed by atoms with Gasteiger partial charge in [0, 0.05) is 36.6 Å². The van der Waals surface area contributed by atoms with E-state index in [1.807, 2.05) is 19.9 Å². The monoisotopic (exact) mass is 421 g/mol. The van der Waals surface area contributed by atoms with Gasteiger partial charge in [0.25, 0.3) is 5.56 Å². The van der Waals surface area contributed by atoms with Crippen LogP contribution in [0.25, 0.3) is 10.2 Å². The predicted octanol–water partition coefficient (Wildman–Crippen LogP) is 3.00. The van der Waals surface area contributed by atoms with E-state index in [1.54, 1.807) is 23.5 Å². The van der Waals surface area contributed by atoms with Gasteiger partial charge in [0.15, 0.2) is 5.78 Å². The molecule has 0 radical (unpaired) electrons. The Morgan fingerprint density at radius 1 is 1.27 bits per heavy atom. The Balaban J connectivity index is 1.49. The predicted molar refractivity (Wildman–Crippen MR) is 118 cm³/mol. The smallest absolute Gasteiger partial charge is 0.259 e. The van der Waals surface area contributed by atoms with Gasteiger partial charge in [-0.15, -0.1) is 11.3 Å². The fourth-order valence-corrected chi connectivity index (χ4v) is 4.89. The molecule has 7 nitrogen and oxygen atoms in total. The number of nitrogens with one attached hydrogen (secondary N) is 1. The summed E-state index contributed by atoms with van der Waals surface area (Å²) in [5, 5.41) is 10.1. The Morgan fingerprint density at radius 2 is 2.00 bits per heavy atom. The molecule has 0 atom stereocenters. The van der Waals surface area contributed by atoms with Crippen LogP contribution >= 0.6 is 11.3 Å². The molecule has 0 unspecified atom stereocenters. The molecule has 3 aromatic rings. The largest absolute Gasteiger partial charge is 0.368 e. The summed E-state index contributed by atoms with van der Waals surface area (Å²) in [6, 6.07) is 7.45. The fourth-order valence-electron chi connectivity index (χ4n) is 3.84. The fraction of sp³-hybridized carbons (Fsp3) is 0.364. The van der Waals surface area contributed by atoms with Crippen LogP contribution in [-0.2, 0) is 6.54 Å². The maximum Gasteiger partial charge on any atom is 0.259 e. The molecule has 1 fully saturated rings. The standard InChI is InChI=1S/C22H23N5O2S/c1-13-15(3)30-22-20(13)21(29)24-19(25-22)12-26-6-8-27(9-7-26)18-10-16(14(2)28)4-5-17(18)11-23/h4-5,10H,6-9,12H2,1-3H3,(H,24,25,29). The van der Waals surface area contributed by atoms with Crippen LogP contribution in [0.4, 0.5) is 5.69 Å². The molecular weight excluding hydrogens is 398 g/mol. The molecule has 1 aromatic carbocycles. The molecule has 0 spiro atoms. The van der Waals surface area contributed by atoms with Crippen LogP contribution in [-0.4, -0.2) is 46.8 Å². The number of aromatic nitrogens is 2. The molecule has 0 aliphatic carbocycles. The third-order valence-corrected chi connectivity index (χ3v) is 6.80. The van der Waals surface area contributed by atoms with Crippen LogP contribution in [0, 0.1) is 25.2 Å². The van der Waals surface area contributed by atoms with E-state index in [-0.39, 0.29) is 11.3 Å². The van der Waals surface area contributed by atoms with Crippen molar-refractivity contribution in [2.45, 2.75) is 27.3 Å². The summed E-state index contributed by atoms with van der Waals surface area (Å²) >= 11 is 1.56. The zero-order valence-corrected chi connectivity index (χ0v) is 18.1. The van der Waals surface area contributed by atoms with Crippen molar-refractivity contribution in [2.75, 3.05) is 31.1 Å². The summed E-state index contributed by atoms with van der Waals surface area (Å²) in [5.74, 6) is 0.669. The van der Waals surface area contributed by atoms with Crippen LogP contribution in [0.2, 0.25) is 0 Å². The molecule has 0 saturated carbocycles. The Hall–Kier alpha value is -3.02. The van der Waals surface area contributed by atoms with Gasteiger partial charge in [0.05, 0.1) is 23.2 Å². The molecule has 8 heteroatoms. The molecule has 1 N–H and O–H groups in total. The Bertz CT molecular complexity index is 1230. The maximum atomic E-state index is 12.5. The van der Waals surface area contributed by atoms with Gasteiger partial charge in [-0.3, -0.25) is 14.5 Å². The van der Waals surface area contributed by atoms with Crippen molar-refractivity contribution < 1.29 is 4.79 Å². The summed E-state index contributed by atoms with van der Waals surface area (Å²) in [6.45, 7) is 9.10. The number of hydrogen-bond acceptors (Lipinski definition) is 7. The number of Topliss-reactive ketones (excluding diaryl/α,β-unsaturated/α-hetero) is 1. The third-order valence-electron chi connectivity index (χ3n) is 5.70. The van der Waals surface area contributed by atoms with Crippen molar-refractivity contribution in [3.05, 3.63) is 55.9 Å². The second kappa shape index (κ2) is 8.01. The number of anilines is 1. The second-order valence-electron chi connectivity index (χ2n) is 7.64. The maximum absolute atomic E-state index is 12.5. The van der Waals surface area contributed by atoms with Crippen molar-refractivity contribution in [2.24, 2.45) is 0 Å². The number of H-pyrrole nitrogens is 1. The number of piperazine rings is 1. The number of aryl methyl sites for hydroxylation is 2. The van der Waals surface area contributed by atoms with Crippen LogP contribution in [0.5, 0.6) is 0 Å². The summed E-state index contributed by atoms with van der Waals surface area (Å²) in [5.41, 5.74) is 2.93. The number of ketones is 1. The van der Waals surface area contributed by atoms with Crippen LogP contribution in [0.3, 0.4) is 0 Å². The van der Waals surface area contributed by atoms with Gasteiger partial charge in [-0.1, -0.05) is 0 Å². The molecule has 4 rings (SSSR count). The average Bonchev–Trinajstić information content (AvgIpc) is 3.02. The Morgan fingerprint density at radius 3 is 2.67 bits per heavy atom. The highest BCUT2D eigenvalue weighted by molar-refractivity contribution is 7.18. The molecule has 3 heterocycles. The highest BCUT2D eigenvalue weighted by atomic mass is 32.1. The first kappa shape index (κ1) is 20.3. The van der Waals surface area contributed by atoms with Crippen molar-refractivity contribution in [3.63, 3.8) is 0 Å².